The maximum absolute atomic E-state index is 12.9. The first-order valence-electron chi connectivity index (χ1n) is 8.83. The highest BCUT2D eigenvalue weighted by Crippen LogP contribution is 2.32. The van der Waals surface area contributed by atoms with Crippen LogP contribution in [-0.4, -0.2) is 54.4 Å². The van der Waals surface area contributed by atoms with Gasteiger partial charge in [-0.25, -0.2) is 0 Å². The zero-order chi connectivity index (χ0) is 17.6. The number of amides is 1. The summed E-state index contributed by atoms with van der Waals surface area (Å²) in [6.45, 7) is 1.59. The average molecular weight is 344 g/mol. The maximum atomic E-state index is 12.9. The first kappa shape index (κ1) is 17.7. The topological polar surface area (TPSA) is 82.8 Å². The van der Waals surface area contributed by atoms with Gasteiger partial charge in [0.1, 0.15) is 11.8 Å². The number of hydrogen-bond acceptors (Lipinski definition) is 5. The van der Waals surface area contributed by atoms with Crippen LogP contribution < -0.4 is 4.74 Å². The molecule has 0 bridgehead atoms. The molecule has 1 aromatic carbocycles. The molecule has 2 aliphatic rings. The SMILES string of the molecule is N#CCOc1cccc(CC(=O)N2CCOCC2C2CCCC2O)c1. The third-order valence-corrected chi connectivity index (χ3v) is 5.07. The molecule has 1 aliphatic carbocycles. The van der Waals surface area contributed by atoms with Gasteiger partial charge in [-0.3, -0.25) is 4.79 Å². The molecule has 0 radical (unpaired) electrons. The van der Waals surface area contributed by atoms with E-state index in [1.807, 2.05) is 23.1 Å². The van der Waals surface area contributed by atoms with Crippen molar-refractivity contribution in [3.05, 3.63) is 29.8 Å². The van der Waals surface area contributed by atoms with Crippen molar-refractivity contribution in [3.8, 4) is 11.8 Å². The summed E-state index contributed by atoms with van der Waals surface area (Å²) in [5, 5.41) is 18.8. The molecule has 134 valence electrons. The van der Waals surface area contributed by atoms with Gasteiger partial charge in [-0.15, -0.1) is 0 Å². The molecule has 1 amide bonds. The molecule has 0 spiro atoms. The summed E-state index contributed by atoms with van der Waals surface area (Å²) in [5.41, 5.74) is 0.859. The van der Waals surface area contributed by atoms with Crippen LogP contribution in [0.2, 0.25) is 0 Å². The molecular weight excluding hydrogens is 320 g/mol. The second-order valence-corrected chi connectivity index (χ2v) is 6.66. The summed E-state index contributed by atoms with van der Waals surface area (Å²) in [7, 11) is 0. The Bertz CT molecular complexity index is 643. The fraction of sp³-hybridized carbons (Fsp3) is 0.579. The number of nitrogens with zero attached hydrogens (tertiary/aromatic N) is 2. The van der Waals surface area contributed by atoms with Crippen LogP contribution in [0.1, 0.15) is 24.8 Å². The third-order valence-electron chi connectivity index (χ3n) is 5.07. The lowest BCUT2D eigenvalue weighted by Gasteiger charge is -2.40. The highest BCUT2D eigenvalue weighted by molar-refractivity contribution is 5.79. The van der Waals surface area contributed by atoms with Crippen LogP contribution in [0.25, 0.3) is 0 Å². The van der Waals surface area contributed by atoms with Crippen LogP contribution in [0.4, 0.5) is 0 Å². The molecule has 1 saturated carbocycles. The number of carbonyl (C=O) groups is 1. The first-order chi connectivity index (χ1) is 12.2. The van der Waals surface area contributed by atoms with Gasteiger partial charge in [0.25, 0.3) is 0 Å². The van der Waals surface area contributed by atoms with E-state index in [9.17, 15) is 9.90 Å². The van der Waals surface area contributed by atoms with E-state index in [0.29, 0.717) is 25.5 Å². The van der Waals surface area contributed by atoms with Crippen molar-refractivity contribution < 1.29 is 19.4 Å². The molecular formula is C19H24N2O4. The van der Waals surface area contributed by atoms with Gasteiger partial charge in [0.15, 0.2) is 6.61 Å². The number of ether oxygens (including phenoxy) is 2. The number of aliphatic hydroxyl groups is 1. The summed E-state index contributed by atoms with van der Waals surface area (Å²) in [5.74, 6) is 0.746. The van der Waals surface area contributed by atoms with Crippen molar-refractivity contribution in [3.63, 3.8) is 0 Å². The van der Waals surface area contributed by atoms with E-state index in [4.69, 9.17) is 14.7 Å². The smallest absolute Gasteiger partial charge is 0.227 e. The molecule has 3 rings (SSSR count). The van der Waals surface area contributed by atoms with Gasteiger partial charge >= 0.3 is 0 Å². The first-order valence-corrected chi connectivity index (χ1v) is 8.83. The Kier molecular flexibility index (Phi) is 5.90. The third kappa shape index (κ3) is 4.30. The van der Waals surface area contributed by atoms with E-state index >= 15 is 0 Å². The van der Waals surface area contributed by atoms with E-state index < -0.39 is 0 Å². The zero-order valence-electron chi connectivity index (χ0n) is 14.3. The van der Waals surface area contributed by atoms with Crippen LogP contribution in [0.15, 0.2) is 24.3 Å². The number of rotatable bonds is 5. The lowest BCUT2D eigenvalue weighted by atomic mass is 9.93. The molecule has 2 fully saturated rings. The van der Waals surface area contributed by atoms with Crippen molar-refractivity contribution >= 4 is 5.91 Å². The highest BCUT2D eigenvalue weighted by Gasteiger charge is 2.39. The molecule has 0 aromatic heterocycles. The molecule has 25 heavy (non-hydrogen) atoms. The number of morpholine rings is 1. The summed E-state index contributed by atoms with van der Waals surface area (Å²) >= 11 is 0. The lowest BCUT2D eigenvalue weighted by Crippen LogP contribution is -2.54. The van der Waals surface area contributed by atoms with Crippen LogP contribution >= 0.6 is 0 Å². The van der Waals surface area contributed by atoms with Crippen molar-refractivity contribution in [2.75, 3.05) is 26.4 Å². The van der Waals surface area contributed by atoms with Crippen LogP contribution in [0.5, 0.6) is 5.75 Å². The maximum Gasteiger partial charge on any atom is 0.227 e. The minimum absolute atomic E-state index is 0.0114. The van der Waals surface area contributed by atoms with Gasteiger partial charge in [-0.2, -0.15) is 5.26 Å². The fourth-order valence-electron chi connectivity index (χ4n) is 3.84. The van der Waals surface area contributed by atoms with E-state index in [2.05, 4.69) is 0 Å². The Labute approximate surface area is 147 Å². The van der Waals surface area contributed by atoms with E-state index in [1.165, 1.54) is 0 Å². The van der Waals surface area contributed by atoms with E-state index in [-0.39, 0.29) is 37.0 Å². The minimum atomic E-state index is -0.343. The minimum Gasteiger partial charge on any atom is -0.479 e. The zero-order valence-corrected chi connectivity index (χ0v) is 14.3. The Morgan fingerprint density at radius 3 is 3.08 bits per heavy atom. The summed E-state index contributed by atoms with van der Waals surface area (Å²) in [4.78, 5) is 14.7. The molecule has 6 heteroatoms. The molecule has 1 aliphatic heterocycles. The fourth-order valence-corrected chi connectivity index (χ4v) is 3.84. The summed E-state index contributed by atoms with van der Waals surface area (Å²) in [6, 6.07) is 9.18. The van der Waals surface area contributed by atoms with Gasteiger partial charge < -0.3 is 19.5 Å². The van der Waals surface area contributed by atoms with Gasteiger partial charge in [-0.1, -0.05) is 18.6 Å². The summed E-state index contributed by atoms with van der Waals surface area (Å²) in [6.07, 6.45) is 2.69. The van der Waals surface area contributed by atoms with Crippen molar-refractivity contribution in [1.82, 2.24) is 4.90 Å². The van der Waals surface area contributed by atoms with Crippen LogP contribution in [0, 0.1) is 17.2 Å². The van der Waals surface area contributed by atoms with Gasteiger partial charge in [0, 0.05) is 12.5 Å². The monoisotopic (exact) mass is 344 g/mol. The van der Waals surface area contributed by atoms with Crippen LogP contribution in [0.3, 0.4) is 0 Å². The van der Waals surface area contributed by atoms with Crippen molar-refractivity contribution in [1.29, 1.82) is 5.26 Å². The normalized spacial score (nSPS) is 26.2. The Morgan fingerprint density at radius 2 is 2.32 bits per heavy atom. The summed E-state index contributed by atoms with van der Waals surface area (Å²) < 4.78 is 10.9. The van der Waals surface area contributed by atoms with Gasteiger partial charge in [0.05, 0.1) is 31.8 Å². The number of benzene rings is 1. The standard InChI is InChI=1S/C19H24N2O4/c20-7-9-25-15-4-1-3-14(11-15)12-19(23)21-8-10-24-13-17(21)16-5-2-6-18(16)22/h1,3-4,11,16-18,22H,2,5-6,8-10,12-13H2. The average Bonchev–Trinajstić information content (AvgIpc) is 3.06. The number of aliphatic hydroxyl groups excluding tert-OH is 1. The van der Waals surface area contributed by atoms with Gasteiger partial charge in [-0.05, 0) is 30.5 Å². The number of carbonyl (C=O) groups excluding carboxylic acids is 1. The second-order valence-electron chi connectivity index (χ2n) is 6.66. The second kappa shape index (κ2) is 8.32. The van der Waals surface area contributed by atoms with E-state index in [0.717, 1.165) is 24.8 Å². The molecule has 6 nitrogen and oxygen atoms in total. The Morgan fingerprint density at radius 1 is 1.44 bits per heavy atom. The molecule has 1 aromatic rings. The number of hydrogen-bond donors (Lipinski definition) is 1. The highest BCUT2D eigenvalue weighted by atomic mass is 16.5. The van der Waals surface area contributed by atoms with Crippen molar-refractivity contribution in [2.24, 2.45) is 5.92 Å². The Balaban J connectivity index is 1.67. The quantitative estimate of drug-likeness (QED) is 0.876. The molecule has 1 saturated heterocycles. The predicted octanol–water partition coefficient (Wildman–Crippen LogP) is 1.52. The Hall–Kier alpha value is -2.10. The number of nitriles is 1. The molecule has 1 N–H and O–H groups in total. The molecule has 1 heterocycles. The van der Waals surface area contributed by atoms with Gasteiger partial charge in [0.2, 0.25) is 5.91 Å². The predicted molar refractivity (Wildman–Crippen MR) is 90.9 cm³/mol. The van der Waals surface area contributed by atoms with Crippen LogP contribution in [-0.2, 0) is 16.0 Å². The van der Waals surface area contributed by atoms with Crippen molar-refractivity contribution in [2.45, 2.75) is 37.8 Å². The largest absolute Gasteiger partial charge is 0.479 e. The lowest BCUT2D eigenvalue weighted by molar-refractivity contribution is -0.143. The van der Waals surface area contributed by atoms with E-state index in [1.54, 1.807) is 12.1 Å². The molecule has 3 unspecified atom stereocenters. The molecule has 3 atom stereocenters.